The molecule has 0 aromatic heterocycles. The molecule has 1 unspecified atom stereocenters. The van der Waals surface area contributed by atoms with Crippen molar-refractivity contribution in [3.05, 3.63) is 29.3 Å². The molecule has 2 nitrogen and oxygen atoms in total. The molecule has 2 rings (SSSR count). The first-order valence-corrected chi connectivity index (χ1v) is 5.33. The van der Waals surface area contributed by atoms with Gasteiger partial charge in [-0.1, -0.05) is 18.2 Å². The van der Waals surface area contributed by atoms with E-state index < -0.39 is 0 Å². The Hall–Kier alpha value is -1.02. The van der Waals surface area contributed by atoms with Crippen LogP contribution in [0.2, 0.25) is 0 Å². The van der Waals surface area contributed by atoms with Crippen LogP contribution in [0.5, 0.6) is 0 Å². The summed E-state index contributed by atoms with van der Waals surface area (Å²) in [5.41, 5.74) is 3.96. The topological polar surface area (TPSA) is 24.1 Å². The molecule has 1 aromatic carbocycles. The average Bonchev–Trinajstić information content (AvgIpc) is 2.64. The number of rotatable bonds is 2. The van der Waals surface area contributed by atoms with Crippen molar-refractivity contribution in [2.75, 3.05) is 11.9 Å². The minimum Gasteiger partial charge on any atom is -0.369 e. The molecule has 1 aliphatic heterocycles. The van der Waals surface area contributed by atoms with Crippen molar-refractivity contribution in [1.29, 1.82) is 0 Å². The van der Waals surface area contributed by atoms with Gasteiger partial charge in [0.25, 0.3) is 0 Å². The lowest BCUT2D eigenvalue weighted by molar-refractivity contribution is 0.678. The van der Waals surface area contributed by atoms with Crippen molar-refractivity contribution in [3.63, 3.8) is 0 Å². The normalized spacial score (nSPS) is 21.1. The quantitative estimate of drug-likeness (QED) is 0.748. The molecule has 14 heavy (non-hydrogen) atoms. The van der Waals surface area contributed by atoms with Crippen LogP contribution in [-0.2, 0) is 0 Å². The summed E-state index contributed by atoms with van der Waals surface area (Å²) in [4.78, 5) is 0. The minimum absolute atomic E-state index is 0.467. The highest BCUT2D eigenvalue weighted by atomic mass is 15.1. The van der Waals surface area contributed by atoms with Crippen molar-refractivity contribution in [3.8, 4) is 0 Å². The Kier molecular flexibility index (Phi) is 2.73. The van der Waals surface area contributed by atoms with Crippen molar-refractivity contribution in [1.82, 2.24) is 5.32 Å². The van der Waals surface area contributed by atoms with E-state index in [2.05, 4.69) is 42.7 Å². The third-order valence-electron chi connectivity index (χ3n) is 2.86. The molecule has 1 heterocycles. The van der Waals surface area contributed by atoms with Crippen molar-refractivity contribution >= 4 is 5.69 Å². The summed E-state index contributed by atoms with van der Waals surface area (Å²) >= 11 is 0. The van der Waals surface area contributed by atoms with Gasteiger partial charge in [-0.3, -0.25) is 5.32 Å². The van der Waals surface area contributed by atoms with Gasteiger partial charge in [-0.15, -0.1) is 0 Å². The van der Waals surface area contributed by atoms with E-state index in [1.165, 1.54) is 29.7 Å². The molecule has 1 aromatic rings. The summed E-state index contributed by atoms with van der Waals surface area (Å²) < 4.78 is 0. The van der Waals surface area contributed by atoms with Gasteiger partial charge < -0.3 is 5.32 Å². The van der Waals surface area contributed by atoms with Crippen LogP contribution >= 0.6 is 0 Å². The number of hydrogen-bond acceptors (Lipinski definition) is 2. The predicted octanol–water partition coefficient (Wildman–Crippen LogP) is 2.42. The second-order valence-electron chi connectivity index (χ2n) is 4.06. The third kappa shape index (κ3) is 1.90. The zero-order valence-electron chi connectivity index (χ0n) is 8.93. The predicted molar refractivity (Wildman–Crippen MR) is 60.6 cm³/mol. The van der Waals surface area contributed by atoms with E-state index in [1.807, 2.05) is 0 Å². The van der Waals surface area contributed by atoms with Crippen LogP contribution in [-0.4, -0.2) is 12.7 Å². The monoisotopic (exact) mass is 190 g/mol. The Labute approximate surface area is 85.7 Å². The lowest BCUT2D eigenvalue weighted by Gasteiger charge is -2.18. The third-order valence-corrected chi connectivity index (χ3v) is 2.86. The first-order chi connectivity index (χ1) is 6.77. The summed E-state index contributed by atoms with van der Waals surface area (Å²) in [7, 11) is 0. The summed E-state index contributed by atoms with van der Waals surface area (Å²) in [6.45, 7) is 5.46. The van der Waals surface area contributed by atoms with Crippen LogP contribution < -0.4 is 10.6 Å². The number of para-hydroxylation sites is 1. The highest BCUT2D eigenvalue weighted by Crippen LogP contribution is 2.21. The van der Waals surface area contributed by atoms with Crippen LogP contribution in [0.15, 0.2) is 18.2 Å². The molecule has 2 heteroatoms. The van der Waals surface area contributed by atoms with Crippen molar-refractivity contribution < 1.29 is 0 Å². The van der Waals surface area contributed by atoms with Gasteiger partial charge in [0.2, 0.25) is 0 Å². The molecule has 1 fully saturated rings. The molecule has 2 N–H and O–H groups in total. The number of hydrogen-bond donors (Lipinski definition) is 2. The number of benzene rings is 1. The molecule has 76 valence electrons. The van der Waals surface area contributed by atoms with Gasteiger partial charge in [0.15, 0.2) is 0 Å². The molecule has 0 saturated carbocycles. The Morgan fingerprint density at radius 2 is 2.00 bits per heavy atom. The Bertz CT molecular complexity index is 294. The van der Waals surface area contributed by atoms with Gasteiger partial charge in [0.1, 0.15) is 0 Å². The molecule has 0 bridgehead atoms. The standard InChI is InChI=1S/C12H18N2/c1-9-5-3-6-10(2)12(9)14-11-7-4-8-13-11/h3,5-6,11,13-14H,4,7-8H2,1-2H3. The van der Waals surface area contributed by atoms with Gasteiger partial charge in [0, 0.05) is 5.69 Å². The number of aryl methyl sites for hydroxylation is 2. The number of nitrogens with one attached hydrogen (secondary N) is 2. The van der Waals surface area contributed by atoms with E-state index >= 15 is 0 Å². The fourth-order valence-electron chi connectivity index (χ4n) is 2.02. The Balaban J connectivity index is 2.14. The maximum Gasteiger partial charge on any atom is 0.0768 e. The molecule has 0 spiro atoms. The smallest absolute Gasteiger partial charge is 0.0768 e. The summed E-state index contributed by atoms with van der Waals surface area (Å²) in [5.74, 6) is 0. The second kappa shape index (κ2) is 4.01. The van der Waals surface area contributed by atoms with Crippen LogP contribution in [0.25, 0.3) is 0 Å². The molecule has 1 aliphatic rings. The highest BCUT2D eigenvalue weighted by molar-refractivity contribution is 5.57. The number of anilines is 1. The van der Waals surface area contributed by atoms with Gasteiger partial charge in [0.05, 0.1) is 6.17 Å². The van der Waals surface area contributed by atoms with E-state index in [1.54, 1.807) is 0 Å². The zero-order chi connectivity index (χ0) is 9.97. The first kappa shape index (κ1) is 9.53. The van der Waals surface area contributed by atoms with E-state index in [9.17, 15) is 0 Å². The Morgan fingerprint density at radius 3 is 2.57 bits per heavy atom. The van der Waals surface area contributed by atoms with Crippen molar-refractivity contribution in [2.24, 2.45) is 0 Å². The first-order valence-electron chi connectivity index (χ1n) is 5.33. The summed E-state index contributed by atoms with van der Waals surface area (Å²) in [5, 5.41) is 7.01. The maximum atomic E-state index is 3.57. The van der Waals surface area contributed by atoms with Crippen LogP contribution in [0, 0.1) is 13.8 Å². The minimum atomic E-state index is 0.467. The maximum absolute atomic E-state index is 3.57. The Morgan fingerprint density at radius 1 is 1.29 bits per heavy atom. The largest absolute Gasteiger partial charge is 0.369 e. The van der Waals surface area contributed by atoms with Crippen LogP contribution in [0.4, 0.5) is 5.69 Å². The molecule has 1 atom stereocenters. The average molecular weight is 190 g/mol. The molecule has 1 saturated heterocycles. The van der Waals surface area contributed by atoms with Gasteiger partial charge in [-0.2, -0.15) is 0 Å². The van der Waals surface area contributed by atoms with Gasteiger partial charge in [-0.05, 0) is 44.4 Å². The van der Waals surface area contributed by atoms with E-state index in [0.717, 1.165) is 6.54 Å². The van der Waals surface area contributed by atoms with Crippen LogP contribution in [0.3, 0.4) is 0 Å². The lowest BCUT2D eigenvalue weighted by Crippen LogP contribution is -2.30. The van der Waals surface area contributed by atoms with Gasteiger partial charge in [-0.25, -0.2) is 0 Å². The molecular formula is C12H18N2. The van der Waals surface area contributed by atoms with E-state index in [4.69, 9.17) is 0 Å². The fourth-order valence-corrected chi connectivity index (χ4v) is 2.02. The second-order valence-corrected chi connectivity index (χ2v) is 4.06. The lowest BCUT2D eigenvalue weighted by atomic mass is 10.1. The summed E-state index contributed by atoms with van der Waals surface area (Å²) in [6, 6.07) is 6.42. The molecule has 0 radical (unpaired) electrons. The SMILES string of the molecule is Cc1cccc(C)c1NC1CCCN1. The highest BCUT2D eigenvalue weighted by Gasteiger charge is 2.14. The zero-order valence-corrected chi connectivity index (χ0v) is 8.93. The fraction of sp³-hybridized carbons (Fsp3) is 0.500. The van der Waals surface area contributed by atoms with Crippen LogP contribution in [0.1, 0.15) is 24.0 Å². The van der Waals surface area contributed by atoms with E-state index in [-0.39, 0.29) is 0 Å². The molecule has 0 aliphatic carbocycles. The van der Waals surface area contributed by atoms with Gasteiger partial charge >= 0.3 is 0 Å². The van der Waals surface area contributed by atoms with E-state index in [0.29, 0.717) is 6.17 Å². The molecule has 0 amide bonds. The summed E-state index contributed by atoms with van der Waals surface area (Å²) in [6.07, 6.45) is 2.98. The molecular weight excluding hydrogens is 172 g/mol. The van der Waals surface area contributed by atoms with Crippen molar-refractivity contribution in [2.45, 2.75) is 32.9 Å².